The third-order valence-electron chi connectivity index (χ3n) is 4.67. The van der Waals surface area contributed by atoms with E-state index in [0.717, 1.165) is 29.9 Å². The van der Waals surface area contributed by atoms with Crippen molar-refractivity contribution in [3.8, 4) is 5.75 Å². The third kappa shape index (κ3) is 4.04. The molecule has 25 heavy (non-hydrogen) atoms. The van der Waals surface area contributed by atoms with E-state index in [1.54, 1.807) is 7.11 Å². The number of methoxy groups -OCH3 is 1. The predicted molar refractivity (Wildman–Crippen MR) is 94.9 cm³/mol. The Bertz CT molecular complexity index is 729. The highest BCUT2D eigenvalue weighted by Crippen LogP contribution is 2.23. The molecule has 0 aliphatic carbocycles. The highest BCUT2D eigenvalue weighted by molar-refractivity contribution is 5.95. The summed E-state index contributed by atoms with van der Waals surface area (Å²) in [7, 11) is 1.67. The first-order valence-electron chi connectivity index (χ1n) is 8.68. The van der Waals surface area contributed by atoms with Crippen molar-refractivity contribution < 1.29 is 18.7 Å². The van der Waals surface area contributed by atoms with Crippen LogP contribution >= 0.6 is 0 Å². The van der Waals surface area contributed by atoms with Gasteiger partial charge in [-0.3, -0.25) is 4.79 Å². The molecule has 0 atom stereocenters. The van der Waals surface area contributed by atoms with Crippen molar-refractivity contribution in [2.45, 2.75) is 39.4 Å². The van der Waals surface area contributed by atoms with Crippen LogP contribution in [0.3, 0.4) is 0 Å². The molecule has 5 nitrogen and oxygen atoms in total. The zero-order valence-electron chi connectivity index (χ0n) is 15.1. The number of hydrogen-bond donors (Lipinski definition) is 0. The SMILES string of the molecule is COc1ccccc1COC1CCN(C(=O)c2cc(C)oc2C)CC1. The molecule has 1 fully saturated rings. The van der Waals surface area contributed by atoms with Crippen molar-refractivity contribution in [3.05, 3.63) is 53.0 Å². The van der Waals surface area contributed by atoms with Crippen molar-refractivity contribution in [1.29, 1.82) is 0 Å². The quantitative estimate of drug-likeness (QED) is 0.830. The minimum atomic E-state index is 0.0533. The molecule has 134 valence electrons. The number of hydrogen-bond acceptors (Lipinski definition) is 4. The van der Waals surface area contributed by atoms with Crippen molar-refractivity contribution in [1.82, 2.24) is 4.90 Å². The maximum atomic E-state index is 12.6. The molecule has 1 aliphatic rings. The number of furan rings is 1. The Balaban J connectivity index is 1.52. The summed E-state index contributed by atoms with van der Waals surface area (Å²) in [6.45, 7) is 5.64. The Morgan fingerprint density at radius 1 is 1.24 bits per heavy atom. The molecular weight excluding hydrogens is 318 g/mol. The van der Waals surface area contributed by atoms with Gasteiger partial charge < -0.3 is 18.8 Å². The van der Waals surface area contributed by atoms with Crippen LogP contribution < -0.4 is 4.74 Å². The van der Waals surface area contributed by atoms with Gasteiger partial charge in [-0.05, 0) is 38.8 Å². The van der Waals surface area contributed by atoms with E-state index < -0.39 is 0 Å². The normalized spacial score (nSPS) is 15.4. The first kappa shape index (κ1) is 17.5. The Morgan fingerprint density at radius 3 is 2.60 bits per heavy atom. The number of aryl methyl sites for hydroxylation is 2. The van der Waals surface area contributed by atoms with Gasteiger partial charge in [0.15, 0.2) is 0 Å². The van der Waals surface area contributed by atoms with E-state index in [0.29, 0.717) is 31.0 Å². The monoisotopic (exact) mass is 343 g/mol. The summed E-state index contributed by atoms with van der Waals surface area (Å²) in [5.41, 5.74) is 1.72. The van der Waals surface area contributed by atoms with Gasteiger partial charge in [0.25, 0.3) is 5.91 Å². The van der Waals surface area contributed by atoms with Gasteiger partial charge >= 0.3 is 0 Å². The number of piperidine rings is 1. The average Bonchev–Trinajstić information content (AvgIpc) is 2.98. The molecule has 5 heteroatoms. The van der Waals surface area contributed by atoms with E-state index in [4.69, 9.17) is 13.9 Å². The number of rotatable bonds is 5. The third-order valence-corrected chi connectivity index (χ3v) is 4.67. The van der Waals surface area contributed by atoms with Crippen LogP contribution in [-0.2, 0) is 11.3 Å². The Kier molecular flexibility index (Phi) is 5.43. The molecule has 1 aromatic carbocycles. The standard InChI is InChI=1S/C20H25NO4/c1-14-12-18(15(2)25-14)20(22)21-10-8-17(9-11-21)24-13-16-6-4-5-7-19(16)23-3/h4-7,12,17H,8-11,13H2,1-3H3. The molecule has 0 unspecified atom stereocenters. The van der Waals surface area contributed by atoms with Crippen molar-refractivity contribution in [3.63, 3.8) is 0 Å². The first-order valence-corrected chi connectivity index (χ1v) is 8.68. The Hall–Kier alpha value is -2.27. The second-order valence-corrected chi connectivity index (χ2v) is 6.44. The Labute approximate surface area is 148 Å². The first-order chi connectivity index (χ1) is 12.1. The molecule has 0 radical (unpaired) electrons. The molecule has 3 rings (SSSR count). The molecule has 1 amide bonds. The molecule has 0 N–H and O–H groups in total. The second-order valence-electron chi connectivity index (χ2n) is 6.44. The van der Waals surface area contributed by atoms with Crippen LogP contribution in [0.25, 0.3) is 0 Å². The number of amides is 1. The summed E-state index contributed by atoms with van der Waals surface area (Å²) in [4.78, 5) is 14.5. The molecule has 1 saturated heterocycles. The number of carbonyl (C=O) groups is 1. The van der Waals surface area contributed by atoms with E-state index in [-0.39, 0.29) is 12.0 Å². The molecule has 2 heterocycles. The number of para-hydroxylation sites is 1. The maximum Gasteiger partial charge on any atom is 0.257 e. The summed E-state index contributed by atoms with van der Waals surface area (Å²) in [5, 5.41) is 0. The largest absolute Gasteiger partial charge is 0.496 e. The fourth-order valence-electron chi connectivity index (χ4n) is 3.27. The lowest BCUT2D eigenvalue weighted by molar-refractivity contribution is -0.000990. The maximum absolute atomic E-state index is 12.6. The Morgan fingerprint density at radius 2 is 1.96 bits per heavy atom. The molecule has 0 saturated carbocycles. The predicted octanol–water partition coefficient (Wildman–Crippen LogP) is 3.73. The highest BCUT2D eigenvalue weighted by atomic mass is 16.5. The van der Waals surface area contributed by atoms with Gasteiger partial charge in [-0.2, -0.15) is 0 Å². The highest BCUT2D eigenvalue weighted by Gasteiger charge is 2.26. The van der Waals surface area contributed by atoms with Gasteiger partial charge in [0.1, 0.15) is 17.3 Å². The average molecular weight is 343 g/mol. The van der Waals surface area contributed by atoms with Crippen LogP contribution in [-0.4, -0.2) is 37.1 Å². The van der Waals surface area contributed by atoms with Crippen molar-refractivity contribution >= 4 is 5.91 Å². The lowest BCUT2D eigenvalue weighted by Crippen LogP contribution is -2.40. The minimum Gasteiger partial charge on any atom is -0.496 e. The van der Waals surface area contributed by atoms with E-state index in [9.17, 15) is 4.79 Å². The lowest BCUT2D eigenvalue weighted by atomic mass is 10.1. The van der Waals surface area contributed by atoms with Crippen LogP contribution in [0.4, 0.5) is 0 Å². The van der Waals surface area contributed by atoms with Gasteiger partial charge in [0, 0.05) is 18.7 Å². The van der Waals surface area contributed by atoms with E-state index in [1.165, 1.54) is 0 Å². The van der Waals surface area contributed by atoms with Crippen LogP contribution in [0.2, 0.25) is 0 Å². The number of benzene rings is 1. The number of carbonyl (C=O) groups excluding carboxylic acids is 1. The number of likely N-dealkylation sites (tertiary alicyclic amines) is 1. The van der Waals surface area contributed by atoms with E-state index >= 15 is 0 Å². The van der Waals surface area contributed by atoms with Crippen LogP contribution in [0, 0.1) is 13.8 Å². The second kappa shape index (κ2) is 7.74. The van der Waals surface area contributed by atoms with Crippen LogP contribution in [0.5, 0.6) is 5.75 Å². The number of ether oxygens (including phenoxy) is 2. The summed E-state index contributed by atoms with van der Waals surface area (Å²) in [5.74, 6) is 2.37. The minimum absolute atomic E-state index is 0.0533. The zero-order valence-corrected chi connectivity index (χ0v) is 15.1. The van der Waals surface area contributed by atoms with E-state index in [2.05, 4.69) is 0 Å². The molecular formula is C20H25NO4. The van der Waals surface area contributed by atoms with Crippen LogP contribution in [0.15, 0.2) is 34.7 Å². The van der Waals surface area contributed by atoms with Crippen LogP contribution in [0.1, 0.15) is 40.3 Å². The smallest absolute Gasteiger partial charge is 0.257 e. The summed E-state index contributed by atoms with van der Waals surface area (Å²) in [6.07, 6.45) is 1.86. The van der Waals surface area contributed by atoms with Crippen molar-refractivity contribution in [2.75, 3.05) is 20.2 Å². The lowest BCUT2D eigenvalue weighted by Gasteiger charge is -2.32. The summed E-state index contributed by atoms with van der Waals surface area (Å²) < 4.78 is 16.9. The zero-order chi connectivity index (χ0) is 17.8. The van der Waals surface area contributed by atoms with Gasteiger partial charge in [0.2, 0.25) is 0 Å². The molecule has 2 aromatic rings. The summed E-state index contributed by atoms with van der Waals surface area (Å²) >= 11 is 0. The van der Waals surface area contributed by atoms with E-state index in [1.807, 2.05) is 49.1 Å². The molecule has 0 bridgehead atoms. The fraction of sp³-hybridized carbons (Fsp3) is 0.450. The van der Waals surface area contributed by atoms with Gasteiger partial charge in [-0.15, -0.1) is 0 Å². The number of nitrogens with zero attached hydrogens (tertiary/aromatic N) is 1. The fourth-order valence-corrected chi connectivity index (χ4v) is 3.27. The van der Waals surface area contributed by atoms with Gasteiger partial charge in [-0.25, -0.2) is 0 Å². The van der Waals surface area contributed by atoms with Gasteiger partial charge in [0.05, 0.1) is 25.4 Å². The molecule has 1 aliphatic heterocycles. The molecule has 1 aromatic heterocycles. The summed E-state index contributed by atoms with van der Waals surface area (Å²) in [6, 6.07) is 9.71. The van der Waals surface area contributed by atoms with Crippen molar-refractivity contribution in [2.24, 2.45) is 0 Å². The van der Waals surface area contributed by atoms with Gasteiger partial charge in [-0.1, -0.05) is 18.2 Å². The topological polar surface area (TPSA) is 51.9 Å². The molecule has 0 spiro atoms.